The van der Waals surface area contributed by atoms with Gasteiger partial charge in [0, 0.05) is 6.04 Å². The monoisotopic (exact) mass is 165 g/mol. The van der Waals surface area contributed by atoms with Crippen LogP contribution >= 0.6 is 0 Å². The zero-order chi connectivity index (χ0) is 8.97. The van der Waals surface area contributed by atoms with E-state index in [0.717, 1.165) is 12.0 Å². The van der Waals surface area contributed by atoms with Gasteiger partial charge in [0.1, 0.15) is 0 Å². The molecule has 0 spiro atoms. The van der Waals surface area contributed by atoms with Crippen LogP contribution in [0.4, 0.5) is 0 Å². The first-order valence-corrected chi connectivity index (χ1v) is 4.24. The molecular formula is C10H15NO. The molecule has 0 heterocycles. The zero-order valence-corrected chi connectivity index (χ0v) is 7.27. The summed E-state index contributed by atoms with van der Waals surface area (Å²) in [4.78, 5) is 0. The Bertz CT molecular complexity index is 223. The molecule has 0 aliphatic rings. The van der Waals surface area contributed by atoms with Crippen LogP contribution in [0.5, 0.6) is 0 Å². The van der Waals surface area contributed by atoms with Gasteiger partial charge in [-0.25, -0.2) is 0 Å². The van der Waals surface area contributed by atoms with Gasteiger partial charge in [-0.3, -0.25) is 0 Å². The second-order valence-corrected chi connectivity index (χ2v) is 2.93. The van der Waals surface area contributed by atoms with Crippen LogP contribution < -0.4 is 5.73 Å². The van der Waals surface area contributed by atoms with Crippen molar-refractivity contribution in [3.8, 4) is 0 Å². The van der Waals surface area contributed by atoms with E-state index in [1.165, 1.54) is 0 Å². The third-order valence-corrected chi connectivity index (χ3v) is 2.02. The second-order valence-electron chi connectivity index (χ2n) is 2.93. The maximum Gasteiger partial charge on any atom is 0.0940 e. The predicted molar refractivity (Wildman–Crippen MR) is 49.7 cm³/mol. The Balaban J connectivity index is 2.71. The fraction of sp³-hybridized carbons (Fsp3) is 0.400. The lowest BCUT2D eigenvalue weighted by Crippen LogP contribution is -2.27. The summed E-state index contributed by atoms with van der Waals surface area (Å²) in [5, 5.41) is 9.66. The second kappa shape index (κ2) is 4.24. The quantitative estimate of drug-likeness (QED) is 0.712. The summed E-state index contributed by atoms with van der Waals surface area (Å²) in [6, 6.07) is 9.35. The van der Waals surface area contributed by atoms with E-state index >= 15 is 0 Å². The first-order valence-electron chi connectivity index (χ1n) is 4.24. The van der Waals surface area contributed by atoms with Gasteiger partial charge < -0.3 is 10.8 Å². The van der Waals surface area contributed by atoms with Gasteiger partial charge in [0.15, 0.2) is 0 Å². The molecule has 66 valence electrons. The maximum atomic E-state index is 9.66. The van der Waals surface area contributed by atoms with Gasteiger partial charge in [0.05, 0.1) is 6.10 Å². The van der Waals surface area contributed by atoms with E-state index in [1.807, 2.05) is 37.3 Å². The third kappa shape index (κ3) is 2.06. The van der Waals surface area contributed by atoms with E-state index in [2.05, 4.69) is 0 Å². The summed E-state index contributed by atoms with van der Waals surface area (Å²) in [7, 11) is 0. The molecule has 0 saturated heterocycles. The number of hydrogen-bond acceptors (Lipinski definition) is 2. The van der Waals surface area contributed by atoms with Crippen molar-refractivity contribution in [2.75, 3.05) is 0 Å². The SMILES string of the molecule is CC[C@@H](N)[C@@H](O)c1ccccc1. The maximum absolute atomic E-state index is 9.66. The Morgan fingerprint density at radius 1 is 1.33 bits per heavy atom. The van der Waals surface area contributed by atoms with Crippen molar-refractivity contribution < 1.29 is 5.11 Å². The van der Waals surface area contributed by atoms with Gasteiger partial charge in [0.2, 0.25) is 0 Å². The van der Waals surface area contributed by atoms with Crippen LogP contribution in [0.15, 0.2) is 30.3 Å². The van der Waals surface area contributed by atoms with Crippen LogP contribution in [0, 0.1) is 0 Å². The lowest BCUT2D eigenvalue weighted by Gasteiger charge is -2.16. The molecule has 0 bridgehead atoms. The minimum absolute atomic E-state index is 0.160. The van der Waals surface area contributed by atoms with Crippen LogP contribution in [-0.2, 0) is 0 Å². The van der Waals surface area contributed by atoms with Gasteiger partial charge in [0.25, 0.3) is 0 Å². The Labute approximate surface area is 73.0 Å². The van der Waals surface area contributed by atoms with Crippen molar-refractivity contribution in [2.24, 2.45) is 5.73 Å². The average molecular weight is 165 g/mol. The number of rotatable bonds is 3. The first kappa shape index (κ1) is 9.23. The number of benzene rings is 1. The Hall–Kier alpha value is -0.860. The summed E-state index contributed by atoms with van der Waals surface area (Å²) in [5.41, 5.74) is 6.59. The molecule has 2 nitrogen and oxygen atoms in total. The first-order chi connectivity index (χ1) is 5.75. The molecule has 0 saturated carbocycles. The van der Waals surface area contributed by atoms with Crippen molar-refractivity contribution in [3.05, 3.63) is 35.9 Å². The largest absolute Gasteiger partial charge is 0.387 e. The minimum Gasteiger partial charge on any atom is -0.387 e. The van der Waals surface area contributed by atoms with Crippen molar-refractivity contribution in [3.63, 3.8) is 0 Å². The van der Waals surface area contributed by atoms with E-state index < -0.39 is 6.10 Å². The number of hydrogen-bond donors (Lipinski definition) is 2. The summed E-state index contributed by atoms with van der Waals surface area (Å²) in [6.07, 6.45) is 0.256. The number of aliphatic hydroxyl groups is 1. The Kier molecular flexibility index (Phi) is 3.26. The zero-order valence-electron chi connectivity index (χ0n) is 7.27. The molecule has 0 radical (unpaired) electrons. The number of nitrogens with two attached hydrogens (primary N) is 1. The smallest absolute Gasteiger partial charge is 0.0940 e. The lowest BCUT2D eigenvalue weighted by molar-refractivity contribution is 0.144. The molecule has 12 heavy (non-hydrogen) atoms. The molecular weight excluding hydrogens is 150 g/mol. The summed E-state index contributed by atoms with van der Waals surface area (Å²) in [6.45, 7) is 1.97. The van der Waals surface area contributed by atoms with Crippen molar-refractivity contribution >= 4 is 0 Å². The topological polar surface area (TPSA) is 46.2 Å². The molecule has 0 fully saturated rings. The third-order valence-electron chi connectivity index (χ3n) is 2.02. The molecule has 0 aliphatic heterocycles. The van der Waals surface area contributed by atoms with Crippen molar-refractivity contribution in [1.82, 2.24) is 0 Å². The highest BCUT2D eigenvalue weighted by molar-refractivity contribution is 5.18. The molecule has 0 aromatic heterocycles. The highest BCUT2D eigenvalue weighted by Gasteiger charge is 2.13. The van der Waals surface area contributed by atoms with Crippen LogP contribution in [0.2, 0.25) is 0 Å². The molecule has 1 rings (SSSR count). The van der Waals surface area contributed by atoms with E-state index in [1.54, 1.807) is 0 Å². The molecule has 3 N–H and O–H groups in total. The van der Waals surface area contributed by atoms with Crippen LogP contribution in [0.3, 0.4) is 0 Å². The molecule has 0 unspecified atom stereocenters. The fourth-order valence-electron chi connectivity index (χ4n) is 1.12. The van der Waals surface area contributed by atoms with E-state index in [0.29, 0.717) is 0 Å². The van der Waals surface area contributed by atoms with E-state index in [4.69, 9.17) is 5.73 Å². The molecule has 1 aromatic rings. The van der Waals surface area contributed by atoms with Gasteiger partial charge in [-0.05, 0) is 12.0 Å². The summed E-state index contributed by atoms with van der Waals surface area (Å²) in [5.74, 6) is 0. The van der Waals surface area contributed by atoms with Crippen molar-refractivity contribution in [2.45, 2.75) is 25.5 Å². The molecule has 0 amide bonds. The average Bonchev–Trinajstić information content (AvgIpc) is 2.17. The highest BCUT2D eigenvalue weighted by atomic mass is 16.3. The normalized spacial score (nSPS) is 15.6. The molecule has 1 aromatic carbocycles. The van der Waals surface area contributed by atoms with E-state index in [9.17, 15) is 5.11 Å². The predicted octanol–water partition coefficient (Wildman–Crippen LogP) is 1.46. The standard InChI is InChI=1S/C10H15NO/c1-2-9(11)10(12)8-6-4-3-5-7-8/h3-7,9-10,12H,2,11H2,1H3/t9-,10+/m1/s1. The van der Waals surface area contributed by atoms with E-state index in [-0.39, 0.29) is 6.04 Å². The summed E-state index contributed by atoms with van der Waals surface area (Å²) >= 11 is 0. The van der Waals surface area contributed by atoms with Gasteiger partial charge in [-0.2, -0.15) is 0 Å². The van der Waals surface area contributed by atoms with Crippen LogP contribution in [-0.4, -0.2) is 11.1 Å². The van der Waals surface area contributed by atoms with Crippen LogP contribution in [0.25, 0.3) is 0 Å². The molecule has 0 aliphatic carbocycles. The molecule has 2 heteroatoms. The minimum atomic E-state index is -0.531. The fourth-order valence-corrected chi connectivity index (χ4v) is 1.12. The van der Waals surface area contributed by atoms with Gasteiger partial charge in [-0.1, -0.05) is 37.3 Å². The van der Waals surface area contributed by atoms with Gasteiger partial charge in [-0.15, -0.1) is 0 Å². The highest BCUT2D eigenvalue weighted by Crippen LogP contribution is 2.16. The summed E-state index contributed by atoms with van der Waals surface area (Å²) < 4.78 is 0. The van der Waals surface area contributed by atoms with Crippen LogP contribution in [0.1, 0.15) is 25.0 Å². The molecule has 2 atom stereocenters. The Morgan fingerprint density at radius 2 is 1.92 bits per heavy atom. The number of aliphatic hydroxyl groups excluding tert-OH is 1. The van der Waals surface area contributed by atoms with Gasteiger partial charge >= 0.3 is 0 Å². The lowest BCUT2D eigenvalue weighted by atomic mass is 10.0. The van der Waals surface area contributed by atoms with Crippen molar-refractivity contribution in [1.29, 1.82) is 0 Å². The Morgan fingerprint density at radius 3 is 2.42 bits per heavy atom.